The van der Waals surface area contributed by atoms with Gasteiger partial charge >= 0.3 is 6.09 Å². The largest absolute Gasteiger partial charge is 0.444 e. The third-order valence-electron chi connectivity index (χ3n) is 8.65. The maximum atomic E-state index is 14.6. The molecule has 3 atom stereocenters. The average Bonchev–Trinajstić information content (AvgIpc) is 3.33. The van der Waals surface area contributed by atoms with Crippen LogP contribution >= 0.6 is 0 Å². The van der Waals surface area contributed by atoms with Gasteiger partial charge in [0.2, 0.25) is 0 Å². The minimum atomic E-state index is -0.598. The monoisotopic (exact) mass is 616 g/mol. The lowest BCUT2D eigenvalue weighted by Crippen LogP contribution is -2.58. The van der Waals surface area contributed by atoms with E-state index in [9.17, 15) is 9.59 Å². The van der Waals surface area contributed by atoms with E-state index in [1.165, 1.54) is 0 Å². The molecule has 2 aliphatic rings. The van der Waals surface area contributed by atoms with Crippen LogP contribution in [0.1, 0.15) is 75.0 Å². The summed E-state index contributed by atoms with van der Waals surface area (Å²) in [5.41, 5.74) is 2.71. The van der Waals surface area contributed by atoms with E-state index in [0.29, 0.717) is 45.0 Å². The number of aromatic nitrogens is 2. The Morgan fingerprint density at radius 3 is 2.33 bits per heavy atom. The van der Waals surface area contributed by atoms with Crippen molar-refractivity contribution in [3.63, 3.8) is 0 Å². The number of carbonyl (C=O) groups is 2. The third kappa shape index (κ3) is 8.32. The molecule has 9 nitrogen and oxygen atoms in total. The summed E-state index contributed by atoms with van der Waals surface area (Å²) >= 11 is 0. The summed E-state index contributed by atoms with van der Waals surface area (Å²) in [4.78, 5) is 36.2. The highest BCUT2D eigenvalue weighted by molar-refractivity contribution is 5.98. The lowest BCUT2D eigenvalue weighted by Gasteiger charge is -2.41. The summed E-state index contributed by atoms with van der Waals surface area (Å²) in [6, 6.07) is 20.0. The standard InChI is InChI=1S/C36H48N4O5/c1-36(2,3)45-35(42)38-20-21-39(29(25-38)24-27-14-8-5-9-15-27)34(41)32-33(28-16-10-6-11-17-28)40(26-37-32)30-18-12-7-13-19-31(30)44-23-22-43-4/h5-6,8-11,14-17,26,29-31H,7,12-13,18-25H2,1-4H3/t29-,30?,31+/m1/s1. The summed E-state index contributed by atoms with van der Waals surface area (Å²) in [5, 5.41) is 0. The molecular formula is C36H48N4O5. The van der Waals surface area contributed by atoms with Crippen molar-refractivity contribution in [2.24, 2.45) is 0 Å². The number of imidazole rings is 1. The van der Waals surface area contributed by atoms with Crippen molar-refractivity contribution in [1.29, 1.82) is 0 Å². The molecule has 2 amide bonds. The Balaban J connectivity index is 1.49. The third-order valence-corrected chi connectivity index (χ3v) is 8.65. The minimum Gasteiger partial charge on any atom is -0.444 e. The first kappa shape index (κ1) is 32.7. The molecule has 0 bridgehead atoms. The predicted octanol–water partition coefficient (Wildman–Crippen LogP) is 6.39. The first-order valence-electron chi connectivity index (χ1n) is 16.3. The van der Waals surface area contributed by atoms with Gasteiger partial charge < -0.3 is 28.6 Å². The van der Waals surface area contributed by atoms with Crippen molar-refractivity contribution in [2.45, 2.75) is 83.1 Å². The van der Waals surface area contributed by atoms with E-state index in [4.69, 9.17) is 19.2 Å². The highest BCUT2D eigenvalue weighted by Gasteiger charge is 2.38. The zero-order valence-corrected chi connectivity index (χ0v) is 27.2. The molecule has 3 aromatic rings. The lowest BCUT2D eigenvalue weighted by atomic mass is 10.00. The first-order chi connectivity index (χ1) is 21.7. The van der Waals surface area contributed by atoms with Crippen LogP contribution in [0.3, 0.4) is 0 Å². The van der Waals surface area contributed by atoms with Crippen LogP contribution in [0.25, 0.3) is 11.3 Å². The second-order valence-electron chi connectivity index (χ2n) is 13.1. The van der Waals surface area contributed by atoms with Gasteiger partial charge in [-0.2, -0.15) is 0 Å². The van der Waals surface area contributed by atoms with Gasteiger partial charge in [0.05, 0.1) is 43.4 Å². The van der Waals surface area contributed by atoms with Gasteiger partial charge in [-0.1, -0.05) is 79.9 Å². The number of methoxy groups -OCH3 is 1. The molecule has 242 valence electrons. The zero-order chi connectivity index (χ0) is 31.8. The van der Waals surface area contributed by atoms with Gasteiger partial charge in [-0.05, 0) is 45.6 Å². The molecule has 1 aliphatic heterocycles. The number of nitrogens with zero attached hydrogens (tertiary/aromatic N) is 4. The van der Waals surface area contributed by atoms with Gasteiger partial charge in [-0.25, -0.2) is 9.78 Å². The number of ether oxygens (including phenoxy) is 3. The van der Waals surface area contributed by atoms with Gasteiger partial charge in [0.1, 0.15) is 5.60 Å². The number of rotatable bonds is 9. The minimum absolute atomic E-state index is 0.00506. The molecule has 0 N–H and O–H groups in total. The second-order valence-corrected chi connectivity index (χ2v) is 13.1. The van der Waals surface area contributed by atoms with Gasteiger partial charge in [0, 0.05) is 32.3 Å². The van der Waals surface area contributed by atoms with Crippen molar-refractivity contribution >= 4 is 12.0 Å². The van der Waals surface area contributed by atoms with Crippen molar-refractivity contribution in [3.05, 3.63) is 78.2 Å². The van der Waals surface area contributed by atoms with Gasteiger partial charge in [0.15, 0.2) is 5.69 Å². The Hall–Kier alpha value is -3.69. The molecule has 0 radical (unpaired) electrons. The lowest BCUT2D eigenvalue weighted by molar-refractivity contribution is -0.0126. The maximum Gasteiger partial charge on any atom is 0.410 e. The average molecular weight is 617 g/mol. The van der Waals surface area contributed by atoms with E-state index in [-0.39, 0.29) is 30.2 Å². The number of piperazine rings is 1. The molecule has 0 spiro atoms. The Morgan fingerprint density at radius 2 is 1.62 bits per heavy atom. The van der Waals surface area contributed by atoms with Crippen LogP contribution in [-0.2, 0) is 20.6 Å². The molecule has 1 aliphatic carbocycles. The molecule has 1 unspecified atom stereocenters. The molecule has 2 fully saturated rings. The normalized spacial score (nSPS) is 20.9. The van der Waals surface area contributed by atoms with E-state index < -0.39 is 5.60 Å². The number of hydrogen-bond acceptors (Lipinski definition) is 6. The van der Waals surface area contributed by atoms with Crippen LogP contribution in [0.15, 0.2) is 67.0 Å². The first-order valence-corrected chi connectivity index (χ1v) is 16.3. The molecule has 1 aromatic heterocycles. The maximum absolute atomic E-state index is 14.6. The number of carbonyl (C=O) groups excluding carboxylic acids is 2. The number of benzene rings is 2. The van der Waals surface area contributed by atoms with Crippen molar-refractivity contribution in [1.82, 2.24) is 19.4 Å². The van der Waals surface area contributed by atoms with Crippen LogP contribution in [0.5, 0.6) is 0 Å². The molecule has 9 heteroatoms. The van der Waals surface area contributed by atoms with Crippen LogP contribution in [0, 0.1) is 0 Å². The summed E-state index contributed by atoms with van der Waals surface area (Å²) in [6.07, 6.45) is 7.37. The van der Waals surface area contributed by atoms with Crippen LogP contribution in [0.2, 0.25) is 0 Å². The Kier molecular flexibility index (Phi) is 10.9. The molecule has 2 aromatic carbocycles. The smallest absolute Gasteiger partial charge is 0.410 e. The van der Waals surface area contributed by atoms with E-state index in [1.54, 1.807) is 12.0 Å². The Labute approximate surface area is 267 Å². The number of amides is 2. The molecular weight excluding hydrogens is 568 g/mol. The molecule has 5 rings (SSSR count). The summed E-state index contributed by atoms with van der Waals surface area (Å²) in [7, 11) is 1.69. The van der Waals surface area contributed by atoms with Crippen LogP contribution < -0.4 is 0 Å². The Morgan fingerprint density at radius 1 is 0.911 bits per heavy atom. The van der Waals surface area contributed by atoms with E-state index in [0.717, 1.165) is 48.9 Å². The molecule has 45 heavy (non-hydrogen) atoms. The highest BCUT2D eigenvalue weighted by Crippen LogP contribution is 2.36. The second kappa shape index (κ2) is 15.1. The molecule has 1 saturated carbocycles. The van der Waals surface area contributed by atoms with Crippen molar-refractivity contribution in [2.75, 3.05) is 40.0 Å². The van der Waals surface area contributed by atoms with Gasteiger partial charge in [0.25, 0.3) is 5.91 Å². The number of hydrogen-bond donors (Lipinski definition) is 0. The van der Waals surface area contributed by atoms with Crippen molar-refractivity contribution < 1.29 is 23.8 Å². The topological polar surface area (TPSA) is 86.1 Å². The van der Waals surface area contributed by atoms with E-state index in [1.807, 2.05) is 80.5 Å². The highest BCUT2D eigenvalue weighted by atomic mass is 16.6. The summed E-state index contributed by atoms with van der Waals surface area (Å²) in [6.45, 7) is 7.85. The molecule has 1 saturated heterocycles. The predicted molar refractivity (Wildman–Crippen MR) is 174 cm³/mol. The quantitative estimate of drug-likeness (QED) is 0.205. The van der Waals surface area contributed by atoms with Crippen molar-refractivity contribution in [3.8, 4) is 11.3 Å². The fourth-order valence-corrected chi connectivity index (χ4v) is 6.51. The SMILES string of the molecule is COCCO[C@H]1CCCCCC1n1cnc(C(=O)N2CCN(C(=O)OC(C)(C)C)C[C@H]2Cc2ccccc2)c1-c1ccccc1. The van der Waals surface area contributed by atoms with Gasteiger partial charge in [-0.3, -0.25) is 4.79 Å². The van der Waals surface area contributed by atoms with Gasteiger partial charge in [-0.15, -0.1) is 0 Å². The molecule has 2 heterocycles. The van der Waals surface area contributed by atoms with Crippen LogP contribution in [0.4, 0.5) is 4.79 Å². The Bertz CT molecular complexity index is 1390. The van der Waals surface area contributed by atoms with E-state index in [2.05, 4.69) is 16.7 Å². The summed E-state index contributed by atoms with van der Waals surface area (Å²) < 4.78 is 19.5. The van der Waals surface area contributed by atoms with E-state index >= 15 is 0 Å². The zero-order valence-electron chi connectivity index (χ0n) is 27.2. The van der Waals surface area contributed by atoms with Crippen LogP contribution in [-0.4, -0.2) is 89.1 Å². The fourth-order valence-electron chi connectivity index (χ4n) is 6.51. The summed E-state index contributed by atoms with van der Waals surface area (Å²) in [5.74, 6) is -0.122. The fraction of sp³-hybridized carbons (Fsp3) is 0.528.